The van der Waals surface area contributed by atoms with Crippen LogP contribution in [0, 0.1) is 5.92 Å². The maximum Gasteiger partial charge on any atom is 0.227 e. The van der Waals surface area contributed by atoms with E-state index in [-0.39, 0.29) is 11.8 Å². The van der Waals surface area contributed by atoms with Gasteiger partial charge < -0.3 is 19.9 Å². The number of ether oxygens (including phenoxy) is 1. The van der Waals surface area contributed by atoms with Crippen molar-refractivity contribution in [3.8, 4) is 5.75 Å². The zero-order valence-electron chi connectivity index (χ0n) is 14.7. The van der Waals surface area contributed by atoms with Gasteiger partial charge in [0, 0.05) is 37.8 Å². The van der Waals surface area contributed by atoms with Gasteiger partial charge in [-0.3, -0.25) is 9.59 Å². The Hall–Kier alpha value is -2.24. The molecule has 2 rings (SSSR count). The van der Waals surface area contributed by atoms with Crippen molar-refractivity contribution < 1.29 is 14.3 Å². The molecule has 0 unspecified atom stereocenters. The van der Waals surface area contributed by atoms with Crippen LogP contribution in [-0.4, -0.2) is 50.5 Å². The van der Waals surface area contributed by atoms with Gasteiger partial charge in [-0.2, -0.15) is 0 Å². The Bertz CT molecular complexity index is 565. The van der Waals surface area contributed by atoms with E-state index in [0.717, 1.165) is 38.0 Å². The standard InChI is InChI=1S/C18H27N3O3/c1-4-14(5-2)18(23)19-16-12-15(6-7-17(16)24-3)21-10-8-20(13-22)9-11-21/h6-7,12-14H,4-5,8-11H2,1-3H3,(H,19,23). The summed E-state index contributed by atoms with van der Waals surface area (Å²) in [6, 6.07) is 5.82. The predicted molar refractivity (Wildman–Crippen MR) is 95.5 cm³/mol. The summed E-state index contributed by atoms with van der Waals surface area (Å²) >= 11 is 0. The van der Waals surface area contributed by atoms with Crippen molar-refractivity contribution in [1.82, 2.24) is 4.90 Å². The molecular weight excluding hydrogens is 306 g/mol. The first-order chi connectivity index (χ1) is 11.6. The lowest BCUT2D eigenvalue weighted by Crippen LogP contribution is -2.45. The van der Waals surface area contributed by atoms with E-state index in [1.165, 1.54) is 0 Å². The topological polar surface area (TPSA) is 61.9 Å². The summed E-state index contributed by atoms with van der Waals surface area (Å²) in [6.45, 7) is 7.04. The third-order valence-corrected chi connectivity index (χ3v) is 4.63. The molecule has 0 aliphatic carbocycles. The zero-order chi connectivity index (χ0) is 17.5. The summed E-state index contributed by atoms with van der Waals surface area (Å²) in [5.41, 5.74) is 1.73. The number of anilines is 2. The molecule has 132 valence electrons. The molecule has 6 heteroatoms. The number of amides is 2. The molecule has 0 radical (unpaired) electrons. The van der Waals surface area contributed by atoms with Crippen LogP contribution in [0.15, 0.2) is 18.2 Å². The second kappa shape index (κ2) is 8.57. The Labute approximate surface area is 143 Å². The highest BCUT2D eigenvalue weighted by atomic mass is 16.5. The highest BCUT2D eigenvalue weighted by Gasteiger charge is 2.19. The molecule has 1 aromatic carbocycles. The predicted octanol–water partition coefficient (Wildman–Crippen LogP) is 2.35. The number of hydrogen-bond acceptors (Lipinski definition) is 4. The molecule has 1 saturated heterocycles. The molecule has 1 aromatic rings. The molecule has 1 N–H and O–H groups in total. The monoisotopic (exact) mass is 333 g/mol. The van der Waals surface area contributed by atoms with Gasteiger partial charge in [0.05, 0.1) is 12.8 Å². The molecule has 0 spiro atoms. The maximum atomic E-state index is 12.4. The second-order valence-electron chi connectivity index (χ2n) is 6.02. The number of benzene rings is 1. The van der Waals surface area contributed by atoms with Crippen LogP contribution in [0.5, 0.6) is 5.75 Å². The normalized spacial score (nSPS) is 14.7. The summed E-state index contributed by atoms with van der Waals surface area (Å²) in [4.78, 5) is 27.2. The fourth-order valence-electron chi connectivity index (χ4n) is 2.97. The quantitative estimate of drug-likeness (QED) is 0.778. The molecule has 2 amide bonds. The third-order valence-electron chi connectivity index (χ3n) is 4.63. The molecule has 1 aliphatic heterocycles. The average Bonchev–Trinajstić information content (AvgIpc) is 2.62. The fraction of sp³-hybridized carbons (Fsp3) is 0.556. The lowest BCUT2D eigenvalue weighted by Gasteiger charge is -2.34. The van der Waals surface area contributed by atoms with Crippen molar-refractivity contribution in [2.24, 2.45) is 5.92 Å². The van der Waals surface area contributed by atoms with Gasteiger partial charge >= 0.3 is 0 Å². The van der Waals surface area contributed by atoms with E-state index < -0.39 is 0 Å². The number of hydrogen-bond donors (Lipinski definition) is 1. The fourth-order valence-corrected chi connectivity index (χ4v) is 2.97. The molecule has 0 atom stereocenters. The maximum absolute atomic E-state index is 12.4. The van der Waals surface area contributed by atoms with Gasteiger partial charge in [-0.15, -0.1) is 0 Å². The average molecular weight is 333 g/mol. The molecule has 1 heterocycles. The van der Waals surface area contributed by atoms with Gasteiger partial charge in [0.1, 0.15) is 5.75 Å². The Morgan fingerprint density at radius 1 is 1.25 bits per heavy atom. The minimum atomic E-state index is 0.00879. The Morgan fingerprint density at radius 2 is 1.92 bits per heavy atom. The van der Waals surface area contributed by atoms with E-state index in [1.807, 2.05) is 32.0 Å². The summed E-state index contributed by atoms with van der Waals surface area (Å²) in [6.07, 6.45) is 2.53. The van der Waals surface area contributed by atoms with Crippen LogP contribution >= 0.6 is 0 Å². The first-order valence-electron chi connectivity index (χ1n) is 8.56. The molecular formula is C18H27N3O3. The minimum Gasteiger partial charge on any atom is -0.495 e. The molecule has 24 heavy (non-hydrogen) atoms. The molecule has 0 aromatic heterocycles. The second-order valence-corrected chi connectivity index (χ2v) is 6.02. The summed E-state index contributed by atoms with van der Waals surface area (Å²) in [7, 11) is 1.60. The number of piperazine rings is 1. The summed E-state index contributed by atoms with van der Waals surface area (Å²) in [5.74, 6) is 0.695. The van der Waals surface area contributed by atoms with E-state index >= 15 is 0 Å². The van der Waals surface area contributed by atoms with E-state index in [0.29, 0.717) is 24.5 Å². The Kier molecular flexibility index (Phi) is 6.46. The van der Waals surface area contributed by atoms with E-state index in [4.69, 9.17) is 4.74 Å². The van der Waals surface area contributed by atoms with E-state index in [1.54, 1.807) is 12.0 Å². The van der Waals surface area contributed by atoms with Crippen molar-refractivity contribution in [2.45, 2.75) is 26.7 Å². The van der Waals surface area contributed by atoms with Gasteiger partial charge in [0.15, 0.2) is 0 Å². The van der Waals surface area contributed by atoms with Crippen LogP contribution in [-0.2, 0) is 9.59 Å². The van der Waals surface area contributed by atoms with Crippen LogP contribution in [0.4, 0.5) is 11.4 Å². The van der Waals surface area contributed by atoms with E-state index in [2.05, 4.69) is 10.2 Å². The minimum absolute atomic E-state index is 0.00879. The van der Waals surface area contributed by atoms with Crippen LogP contribution in [0.2, 0.25) is 0 Å². The first-order valence-corrected chi connectivity index (χ1v) is 8.56. The highest BCUT2D eigenvalue weighted by molar-refractivity contribution is 5.94. The Morgan fingerprint density at radius 3 is 2.46 bits per heavy atom. The Balaban J connectivity index is 2.15. The van der Waals surface area contributed by atoms with Crippen molar-refractivity contribution in [1.29, 1.82) is 0 Å². The van der Waals surface area contributed by atoms with Crippen LogP contribution < -0.4 is 15.0 Å². The molecule has 0 saturated carbocycles. The zero-order valence-corrected chi connectivity index (χ0v) is 14.7. The van der Waals surface area contributed by atoms with Gasteiger partial charge in [0.25, 0.3) is 0 Å². The number of nitrogens with zero attached hydrogens (tertiary/aromatic N) is 2. The molecule has 1 fully saturated rings. The molecule has 1 aliphatic rings. The number of rotatable bonds is 7. The number of carbonyl (C=O) groups excluding carboxylic acids is 2. The van der Waals surface area contributed by atoms with Gasteiger partial charge in [-0.25, -0.2) is 0 Å². The van der Waals surface area contributed by atoms with Crippen LogP contribution in [0.25, 0.3) is 0 Å². The van der Waals surface area contributed by atoms with Crippen molar-refractivity contribution in [2.75, 3.05) is 43.5 Å². The number of methoxy groups -OCH3 is 1. The van der Waals surface area contributed by atoms with Crippen LogP contribution in [0.3, 0.4) is 0 Å². The van der Waals surface area contributed by atoms with Gasteiger partial charge in [-0.1, -0.05) is 13.8 Å². The molecule has 6 nitrogen and oxygen atoms in total. The van der Waals surface area contributed by atoms with Gasteiger partial charge in [0.2, 0.25) is 12.3 Å². The highest BCUT2D eigenvalue weighted by Crippen LogP contribution is 2.31. The summed E-state index contributed by atoms with van der Waals surface area (Å²) in [5, 5.41) is 3.01. The van der Waals surface area contributed by atoms with Gasteiger partial charge in [-0.05, 0) is 31.0 Å². The van der Waals surface area contributed by atoms with Crippen molar-refractivity contribution >= 4 is 23.7 Å². The lowest BCUT2D eigenvalue weighted by molar-refractivity contribution is -0.120. The van der Waals surface area contributed by atoms with Crippen LogP contribution in [0.1, 0.15) is 26.7 Å². The lowest BCUT2D eigenvalue weighted by atomic mass is 10.0. The van der Waals surface area contributed by atoms with Crippen molar-refractivity contribution in [3.63, 3.8) is 0 Å². The first kappa shape index (κ1) is 18.1. The SMILES string of the molecule is CCC(CC)C(=O)Nc1cc(N2CCN(C=O)CC2)ccc1OC. The van der Waals surface area contributed by atoms with E-state index in [9.17, 15) is 9.59 Å². The van der Waals surface area contributed by atoms with Crippen molar-refractivity contribution in [3.05, 3.63) is 18.2 Å². The largest absolute Gasteiger partial charge is 0.495 e. The number of carbonyl (C=O) groups is 2. The smallest absolute Gasteiger partial charge is 0.227 e. The summed E-state index contributed by atoms with van der Waals surface area (Å²) < 4.78 is 5.38. The number of nitrogens with one attached hydrogen (secondary N) is 1. The third kappa shape index (κ3) is 4.19. The molecule has 0 bridgehead atoms.